The molecule has 1 saturated heterocycles. The number of aliphatic imine (C=N–C) groups is 1. The smallest absolute Gasteiger partial charge is 0.193 e. The van der Waals surface area contributed by atoms with Crippen molar-refractivity contribution in [3.05, 3.63) is 28.2 Å². The van der Waals surface area contributed by atoms with E-state index in [-0.39, 0.29) is 0 Å². The van der Waals surface area contributed by atoms with E-state index in [0.717, 1.165) is 57.1 Å². The molecule has 2 N–H and O–H groups in total. The van der Waals surface area contributed by atoms with Gasteiger partial charge in [-0.25, -0.2) is 9.97 Å². The molecule has 0 saturated carbocycles. The molecule has 0 spiro atoms. The Morgan fingerprint density at radius 1 is 1.42 bits per heavy atom. The number of likely N-dealkylation sites (tertiary alicyclic amines) is 1. The molecule has 0 atom stereocenters. The van der Waals surface area contributed by atoms with Crippen molar-refractivity contribution in [3.8, 4) is 0 Å². The maximum atomic E-state index is 4.47. The van der Waals surface area contributed by atoms with E-state index in [9.17, 15) is 0 Å². The molecule has 1 fully saturated rings. The van der Waals surface area contributed by atoms with E-state index in [1.54, 1.807) is 17.7 Å². The van der Waals surface area contributed by atoms with Crippen LogP contribution in [0.15, 0.2) is 17.5 Å². The molecule has 3 heterocycles. The van der Waals surface area contributed by atoms with Crippen molar-refractivity contribution in [2.45, 2.75) is 38.5 Å². The summed E-state index contributed by atoms with van der Waals surface area (Å²) in [5.74, 6) is 2.47. The maximum Gasteiger partial charge on any atom is 0.193 e. The predicted octanol–water partition coefficient (Wildman–Crippen LogP) is 1.82. The molecule has 0 bridgehead atoms. The van der Waals surface area contributed by atoms with Crippen LogP contribution in [0.4, 0.5) is 0 Å². The molecule has 2 aromatic rings. The summed E-state index contributed by atoms with van der Waals surface area (Å²) in [4.78, 5) is 16.9. The number of H-pyrrole nitrogens is 1. The number of aromatic amines is 1. The van der Waals surface area contributed by atoms with E-state index >= 15 is 0 Å². The predicted molar refractivity (Wildman–Crippen MR) is 96.5 cm³/mol. The van der Waals surface area contributed by atoms with Crippen LogP contribution in [-0.4, -0.2) is 57.7 Å². The van der Waals surface area contributed by atoms with Gasteiger partial charge in [-0.05, 0) is 19.3 Å². The number of hydrogen-bond donors (Lipinski definition) is 2. The van der Waals surface area contributed by atoms with Crippen LogP contribution < -0.4 is 5.32 Å². The van der Waals surface area contributed by atoms with Crippen LogP contribution in [0.5, 0.6) is 0 Å². The van der Waals surface area contributed by atoms with Crippen LogP contribution >= 0.6 is 11.3 Å². The zero-order valence-electron chi connectivity index (χ0n) is 14.3. The third kappa shape index (κ3) is 4.11. The fourth-order valence-corrected chi connectivity index (χ4v) is 3.88. The Hall–Kier alpha value is -1.96. The van der Waals surface area contributed by atoms with Crippen molar-refractivity contribution in [1.82, 2.24) is 30.4 Å². The first kappa shape index (κ1) is 16.9. The summed E-state index contributed by atoms with van der Waals surface area (Å²) in [6, 6.07) is 0. The van der Waals surface area contributed by atoms with Gasteiger partial charge in [-0.2, -0.15) is 5.10 Å². The normalized spacial score (nSPS) is 16.6. The van der Waals surface area contributed by atoms with Crippen LogP contribution in [0.25, 0.3) is 0 Å². The third-order valence-corrected chi connectivity index (χ3v) is 5.60. The lowest BCUT2D eigenvalue weighted by molar-refractivity contribution is 0.299. The second kappa shape index (κ2) is 8.23. The van der Waals surface area contributed by atoms with Gasteiger partial charge in [0.25, 0.3) is 0 Å². The average molecular weight is 347 g/mol. The summed E-state index contributed by atoms with van der Waals surface area (Å²) in [7, 11) is 1.85. The van der Waals surface area contributed by atoms with Crippen molar-refractivity contribution >= 4 is 17.3 Å². The van der Waals surface area contributed by atoms with Crippen molar-refractivity contribution in [2.24, 2.45) is 4.99 Å². The van der Waals surface area contributed by atoms with Crippen molar-refractivity contribution in [3.63, 3.8) is 0 Å². The Bertz CT molecular complexity index is 641. The van der Waals surface area contributed by atoms with E-state index in [0.29, 0.717) is 5.92 Å². The second-order valence-corrected chi connectivity index (χ2v) is 7.13. The number of nitrogens with one attached hydrogen (secondary N) is 2. The molecule has 24 heavy (non-hydrogen) atoms. The fourth-order valence-electron chi connectivity index (χ4n) is 3.02. The molecule has 0 aromatic carbocycles. The monoisotopic (exact) mass is 347 g/mol. The zero-order chi connectivity index (χ0) is 16.8. The standard InChI is InChI=1S/C16H25N7S/c1-3-13-10-19-14(24-13)4-7-18-16(17-2)23-8-5-12(6-9-23)15-20-11-21-22-15/h10-12H,3-9H2,1-2H3,(H,17,18)(H,20,21,22). The lowest BCUT2D eigenvalue weighted by Gasteiger charge is -2.33. The Kier molecular flexibility index (Phi) is 5.79. The molecule has 1 aliphatic heterocycles. The summed E-state index contributed by atoms with van der Waals surface area (Å²) in [5, 5.41) is 11.6. The summed E-state index contributed by atoms with van der Waals surface area (Å²) in [5.41, 5.74) is 0. The fraction of sp³-hybridized carbons (Fsp3) is 0.625. The van der Waals surface area contributed by atoms with Gasteiger partial charge < -0.3 is 10.2 Å². The lowest BCUT2D eigenvalue weighted by Crippen LogP contribution is -2.45. The van der Waals surface area contributed by atoms with Gasteiger partial charge in [-0.3, -0.25) is 10.1 Å². The van der Waals surface area contributed by atoms with Gasteiger partial charge in [0.2, 0.25) is 0 Å². The number of aryl methyl sites for hydroxylation is 1. The van der Waals surface area contributed by atoms with Crippen molar-refractivity contribution in [2.75, 3.05) is 26.7 Å². The Morgan fingerprint density at radius 2 is 2.25 bits per heavy atom. The third-order valence-electron chi connectivity index (χ3n) is 4.40. The van der Waals surface area contributed by atoms with Crippen LogP contribution in [0, 0.1) is 0 Å². The van der Waals surface area contributed by atoms with Gasteiger partial charge >= 0.3 is 0 Å². The molecule has 0 amide bonds. The van der Waals surface area contributed by atoms with E-state index in [1.165, 1.54) is 9.88 Å². The van der Waals surface area contributed by atoms with Gasteiger partial charge in [0, 0.05) is 50.1 Å². The molecule has 8 heteroatoms. The van der Waals surface area contributed by atoms with E-state index < -0.39 is 0 Å². The highest BCUT2D eigenvalue weighted by Gasteiger charge is 2.24. The molecule has 0 radical (unpaired) electrons. The van der Waals surface area contributed by atoms with E-state index in [4.69, 9.17) is 0 Å². The molecule has 130 valence electrons. The molecule has 7 nitrogen and oxygen atoms in total. The number of piperidine rings is 1. The Balaban J connectivity index is 1.45. The summed E-state index contributed by atoms with van der Waals surface area (Å²) >= 11 is 1.81. The van der Waals surface area contributed by atoms with Gasteiger partial charge in [0.05, 0.1) is 5.01 Å². The first-order valence-corrected chi connectivity index (χ1v) is 9.36. The number of nitrogens with zero attached hydrogens (tertiary/aromatic N) is 5. The minimum Gasteiger partial charge on any atom is -0.356 e. The minimum atomic E-state index is 0.477. The highest BCUT2D eigenvalue weighted by molar-refractivity contribution is 7.11. The number of rotatable bonds is 5. The number of thiazole rings is 1. The summed E-state index contributed by atoms with van der Waals surface area (Å²) < 4.78 is 0. The van der Waals surface area contributed by atoms with Crippen LogP contribution in [0.3, 0.4) is 0 Å². The molecule has 1 aliphatic rings. The molecule has 0 unspecified atom stereocenters. The first-order valence-electron chi connectivity index (χ1n) is 8.54. The quantitative estimate of drug-likeness (QED) is 0.637. The lowest BCUT2D eigenvalue weighted by atomic mass is 9.96. The van der Waals surface area contributed by atoms with Gasteiger partial charge in [-0.15, -0.1) is 11.3 Å². The van der Waals surface area contributed by atoms with Crippen molar-refractivity contribution < 1.29 is 0 Å². The summed E-state index contributed by atoms with van der Waals surface area (Å²) in [6.07, 6.45) is 7.73. The second-order valence-electron chi connectivity index (χ2n) is 5.93. The van der Waals surface area contributed by atoms with Gasteiger partial charge in [0.15, 0.2) is 5.96 Å². The van der Waals surface area contributed by atoms with Crippen LogP contribution in [0.1, 0.15) is 41.4 Å². The Labute approximate surface area is 146 Å². The topological polar surface area (TPSA) is 82.1 Å². The largest absolute Gasteiger partial charge is 0.356 e. The SMILES string of the molecule is CCc1cnc(CCNC(=NC)N2CCC(c3ncn[nH]3)CC2)s1. The average Bonchev–Trinajstić information content (AvgIpc) is 3.31. The molecule has 2 aromatic heterocycles. The molecule has 3 rings (SSSR count). The molecule has 0 aliphatic carbocycles. The van der Waals surface area contributed by atoms with E-state index in [2.05, 4.69) is 42.3 Å². The number of hydrogen-bond acceptors (Lipinski definition) is 5. The van der Waals surface area contributed by atoms with Crippen LogP contribution in [-0.2, 0) is 12.8 Å². The Morgan fingerprint density at radius 3 is 2.88 bits per heavy atom. The number of guanidine groups is 1. The summed E-state index contributed by atoms with van der Waals surface area (Å²) in [6.45, 7) is 5.01. The zero-order valence-corrected chi connectivity index (χ0v) is 15.1. The van der Waals surface area contributed by atoms with Gasteiger partial charge in [-0.1, -0.05) is 6.92 Å². The highest BCUT2D eigenvalue weighted by atomic mass is 32.1. The maximum absolute atomic E-state index is 4.47. The number of aromatic nitrogens is 4. The first-order chi connectivity index (χ1) is 11.8. The highest BCUT2D eigenvalue weighted by Crippen LogP contribution is 2.24. The van der Waals surface area contributed by atoms with Gasteiger partial charge in [0.1, 0.15) is 12.2 Å². The van der Waals surface area contributed by atoms with E-state index in [1.807, 2.05) is 13.2 Å². The van der Waals surface area contributed by atoms with Crippen molar-refractivity contribution in [1.29, 1.82) is 0 Å². The van der Waals surface area contributed by atoms with Crippen LogP contribution in [0.2, 0.25) is 0 Å². The minimum absolute atomic E-state index is 0.477. The molecular formula is C16H25N7S. The molecular weight excluding hydrogens is 322 g/mol.